The second-order valence-electron chi connectivity index (χ2n) is 7.92. The minimum atomic E-state index is -0.778. The average Bonchev–Trinajstić information content (AvgIpc) is 3.46. The van der Waals surface area contributed by atoms with Gasteiger partial charge >= 0.3 is 5.97 Å². The van der Waals surface area contributed by atoms with Crippen LogP contribution in [0.4, 0.5) is 0 Å². The van der Waals surface area contributed by atoms with Gasteiger partial charge in [-0.05, 0) is 50.6 Å². The van der Waals surface area contributed by atoms with Crippen molar-refractivity contribution in [2.75, 3.05) is 0 Å². The van der Waals surface area contributed by atoms with E-state index < -0.39 is 5.97 Å². The number of carbonyl (C=O) groups is 1. The third-order valence-corrected chi connectivity index (χ3v) is 5.27. The highest BCUT2D eigenvalue weighted by Crippen LogP contribution is 2.37. The highest BCUT2D eigenvalue weighted by molar-refractivity contribution is 5.88. The first-order chi connectivity index (χ1) is 15.4. The van der Waals surface area contributed by atoms with Crippen molar-refractivity contribution < 1.29 is 19.2 Å². The SMILES string of the molecule is C=C/C(=N\C=C(/N)c1nc(-c2ccc3c(c2)cc2n3CCC2CC(=O)O)no1)OC(C)C. The van der Waals surface area contributed by atoms with Crippen LogP contribution in [0.1, 0.15) is 44.2 Å². The summed E-state index contributed by atoms with van der Waals surface area (Å²) < 4.78 is 13.0. The normalized spacial score (nSPS) is 16.5. The molecule has 3 heterocycles. The molecule has 3 N–H and O–H groups in total. The lowest BCUT2D eigenvalue weighted by molar-refractivity contribution is -0.137. The molecule has 9 nitrogen and oxygen atoms in total. The molecule has 0 aliphatic carbocycles. The van der Waals surface area contributed by atoms with Gasteiger partial charge in [-0.15, -0.1) is 0 Å². The number of aliphatic imine (C=N–C) groups is 1. The number of nitrogens with two attached hydrogens (primary N) is 1. The molecule has 1 unspecified atom stereocenters. The Bertz CT molecular complexity index is 1230. The number of fused-ring (bicyclic) bond motifs is 3. The van der Waals surface area contributed by atoms with E-state index in [2.05, 4.69) is 32.3 Å². The number of aliphatic carboxylic acids is 1. The zero-order valence-electron chi connectivity index (χ0n) is 18.0. The minimum Gasteiger partial charge on any atom is -0.481 e. The van der Waals surface area contributed by atoms with E-state index in [9.17, 15) is 4.79 Å². The fourth-order valence-corrected chi connectivity index (χ4v) is 3.89. The van der Waals surface area contributed by atoms with Crippen molar-refractivity contribution in [3.63, 3.8) is 0 Å². The topological polar surface area (TPSA) is 129 Å². The molecule has 0 saturated carbocycles. The molecule has 1 aromatic carbocycles. The Morgan fingerprint density at radius 2 is 2.28 bits per heavy atom. The van der Waals surface area contributed by atoms with Gasteiger partial charge in [0.1, 0.15) is 5.70 Å². The van der Waals surface area contributed by atoms with Crippen LogP contribution in [-0.2, 0) is 16.1 Å². The zero-order chi connectivity index (χ0) is 22.8. The van der Waals surface area contributed by atoms with Crippen LogP contribution in [0.15, 0.2) is 52.6 Å². The number of aromatic nitrogens is 3. The molecule has 1 atom stereocenters. The number of hydrogen-bond acceptors (Lipinski definition) is 7. The molecule has 0 spiro atoms. The summed E-state index contributed by atoms with van der Waals surface area (Å²) in [6.07, 6.45) is 3.83. The van der Waals surface area contributed by atoms with Crippen molar-refractivity contribution in [1.29, 1.82) is 0 Å². The number of rotatable bonds is 7. The molecular formula is C23H25N5O4. The van der Waals surface area contributed by atoms with E-state index in [4.69, 9.17) is 20.1 Å². The lowest BCUT2D eigenvalue weighted by atomic mass is 10.0. The summed E-state index contributed by atoms with van der Waals surface area (Å²) in [5.74, 6) is 0.150. The number of nitrogens with zero attached hydrogens (tertiary/aromatic N) is 4. The van der Waals surface area contributed by atoms with Crippen LogP contribution < -0.4 is 5.73 Å². The van der Waals surface area contributed by atoms with Gasteiger partial charge in [0.05, 0.1) is 18.7 Å². The summed E-state index contributed by atoms with van der Waals surface area (Å²) in [5, 5.41) is 14.2. The van der Waals surface area contributed by atoms with E-state index in [1.165, 1.54) is 12.3 Å². The van der Waals surface area contributed by atoms with Gasteiger partial charge in [-0.3, -0.25) is 4.79 Å². The first-order valence-electron chi connectivity index (χ1n) is 10.4. The van der Waals surface area contributed by atoms with Crippen molar-refractivity contribution in [2.24, 2.45) is 10.7 Å². The summed E-state index contributed by atoms with van der Waals surface area (Å²) in [7, 11) is 0. The highest BCUT2D eigenvalue weighted by Gasteiger charge is 2.27. The third kappa shape index (κ3) is 4.27. The number of hydrogen-bond donors (Lipinski definition) is 2. The van der Waals surface area contributed by atoms with Crippen LogP contribution in [0, 0.1) is 0 Å². The molecule has 3 aromatic rings. The van der Waals surface area contributed by atoms with Gasteiger partial charge in [-0.2, -0.15) is 4.98 Å². The van der Waals surface area contributed by atoms with Gasteiger partial charge in [0, 0.05) is 34.6 Å². The fraction of sp³-hybridized carbons (Fsp3) is 0.304. The predicted molar refractivity (Wildman–Crippen MR) is 121 cm³/mol. The lowest BCUT2D eigenvalue weighted by Crippen LogP contribution is -2.08. The quantitative estimate of drug-likeness (QED) is 0.425. The van der Waals surface area contributed by atoms with Crippen molar-refractivity contribution in [2.45, 2.75) is 45.3 Å². The van der Waals surface area contributed by atoms with E-state index in [1.54, 1.807) is 0 Å². The third-order valence-electron chi connectivity index (χ3n) is 5.27. The van der Waals surface area contributed by atoms with E-state index in [-0.39, 0.29) is 30.0 Å². The van der Waals surface area contributed by atoms with E-state index >= 15 is 0 Å². The van der Waals surface area contributed by atoms with Gasteiger partial charge in [0.25, 0.3) is 5.89 Å². The molecule has 4 rings (SSSR count). The van der Waals surface area contributed by atoms with Crippen molar-refractivity contribution in [3.05, 3.63) is 54.7 Å². The molecule has 166 valence electrons. The summed E-state index contributed by atoms with van der Waals surface area (Å²) in [6.45, 7) is 8.26. The molecular weight excluding hydrogens is 410 g/mol. The first kappa shape index (κ1) is 21.4. The first-order valence-corrected chi connectivity index (χ1v) is 10.4. The smallest absolute Gasteiger partial charge is 0.304 e. The van der Waals surface area contributed by atoms with Gasteiger partial charge < -0.3 is 24.7 Å². The van der Waals surface area contributed by atoms with Crippen LogP contribution in [0.2, 0.25) is 0 Å². The molecule has 0 bridgehead atoms. The molecule has 32 heavy (non-hydrogen) atoms. The van der Waals surface area contributed by atoms with E-state index in [1.807, 2.05) is 32.0 Å². The van der Waals surface area contributed by atoms with Crippen LogP contribution >= 0.6 is 0 Å². The Hall–Kier alpha value is -3.88. The largest absolute Gasteiger partial charge is 0.481 e. The van der Waals surface area contributed by atoms with Gasteiger partial charge in [-0.25, -0.2) is 4.99 Å². The van der Waals surface area contributed by atoms with Crippen LogP contribution in [0.5, 0.6) is 0 Å². The molecule has 0 saturated heterocycles. The van der Waals surface area contributed by atoms with Gasteiger partial charge in [0.15, 0.2) is 0 Å². The number of ether oxygens (including phenoxy) is 1. The molecule has 1 aliphatic heterocycles. The fourth-order valence-electron chi connectivity index (χ4n) is 3.89. The second kappa shape index (κ2) is 8.70. The minimum absolute atomic E-state index is 0.0331. The van der Waals surface area contributed by atoms with Crippen molar-refractivity contribution in [1.82, 2.24) is 14.7 Å². The standard InChI is InChI=1S/C23H25N5O4/c1-4-20(31-13(2)3)25-12-17(24)23-26-22(27-32-23)15-5-6-18-16(9-15)10-19-14(11-21(29)30)7-8-28(18)19/h4-6,9-10,12-14H,1,7-8,11,24H2,2-3H3,(H,29,30)/b17-12-,25-20+. The Balaban J connectivity index is 1.58. The van der Waals surface area contributed by atoms with E-state index in [0.717, 1.165) is 35.1 Å². The summed E-state index contributed by atoms with van der Waals surface area (Å²) in [6, 6.07) is 7.93. The molecule has 2 aromatic heterocycles. The molecule has 9 heteroatoms. The molecule has 0 radical (unpaired) electrons. The number of carboxylic acids is 1. The van der Waals surface area contributed by atoms with Crippen LogP contribution in [0.25, 0.3) is 28.0 Å². The Labute approximate surface area is 184 Å². The summed E-state index contributed by atoms with van der Waals surface area (Å²) in [4.78, 5) is 19.7. The molecule has 0 fully saturated rings. The Morgan fingerprint density at radius 1 is 1.47 bits per heavy atom. The van der Waals surface area contributed by atoms with Gasteiger partial charge in [0.2, 0.25) is 11.7 Å². The van der Waals surface area contributed by atoms with Crippen LogP contribution in [-0.4, -0.2) is 37.8 Å². The maximum Gasteiger partial charge on any atom is 0.304 e. The maximum absolute atomic E-state index is 11.2. The number of benzene rings is 1. The number of aryl methyl sites for hydroxylation is 1. The maximum atomic E-state index is 11.2. The second-order valence-corrected chi connectivity index (χ2v) is 7.92. The summed E-state index contributed by atoms with van der Waals surface area (Å²) >= 11 is 0. The Morgan fingerprint density at radius 3 is 3.00 bits per heavy atom. The molecule has 1 aliphatic rings. The zero-order valence-corrected chi connectivity index (χ0v) is 18.0. The summed E-state index contributed by atoms with van der Waals surface area (Å²) in [5.41, 5.74) is 9.13. The van der Waals surface area contributed by atoms with Crippen molar-refractivity contribution >= 4 is 28.5 Å². The monoisotopic (exact) mass is 435 g/mol. The van der Waals surface area contributed by atoms with Crippen molar-refractivity contribution in [3.8, 4) is 11.4 Å². The lowest BCUT2D eigenvalue weighted by Gasteiger charge is -2.07. The number of carboxylic acid groups (broad SMARTS) is 1. The van der Waals surface area contributed by atoms with E-state index in [0.29, 0.717) is 11.7 Å². The van der Waals surface area contributed by atoms with Gasteiger partial charge in [-0.1, -0.05) is 11.7 Å². The highest BCUT2D eigenvalue weighted by atomic mass is 16.5. The predicted octanol–water partition coefficient (Wildman–Crippen LogP) is 3.92. The molecule has 0 amide bonds. The average molecular weight is 435 g/mol. The van der Waals surface area contributed by atoms with Crippen LogP contribution in [0.3, 0.4) is 0 Å². The Kier molecular flexibility index (Phi) is 5.81.